The summed E-state index contributed by atoms with van der Waals surface area (Å²) in [5.74, 6) is -0.200. The molecule has 0 atom stereocenters. The smallest absolute Gasteiger partial charge is 0.243 e. The van der Waals surface area contributed by atoms with Crippen molar-refractivity contribution in [1.29, 1.82) is 0 Å². The molecule has 1 aliphatic rings. The van der Waals surface area contributed by atoms with Crippen molar-refractivity contribution in [2.24, 2.45) is 0 Å². The van der Waals surface area contributed by atoms with Crippen molar-refractivity contribution in [2.45, 2.75) is 18.7 Å². The number of sulfonamides is 1. The summed E-state index contributed by atoms with van der Waals surface area (Å²) >= 11 is 11.9. The van der Waals surface area contributed by atoms with Crippen LogP contribution in [0.4, 0.5) is 5.69 Å². The number of aryl methyl sites for hydroxylation is 2. The van der Waals surface area contributed by atoms with Gasteiger partial charge in [0, 0.05) is 41.9 Å². The van der Waals surface area contributed by atoms with Gasteiger partial charge in [0.05, 0.1) is 11.4 Å². The fourth-order valence-corrected chi connectivity index (χ4v) is 5.54. The average molecular weight is 456 g/mol. The highest BCUT2D eigenvalue weighted by atomic mass is 35.5. The van der Waals surface area contributed by atoms with E-state index in [1.165, 1.54) is 4.31 Å². The van der Waals surface area contributed by atoms with E-state index >= 15 is 0 Å². The van der Waals surface area contributed by atoms with Crippen molar-refractivity contribution in [3.8, 4) is 0 Å². The van der Waals surface area contributed by atoms with Crippen molar-refractivity contribution in [2.75, 3.05) is 38.0 Å². The Kier molecular flexibility index (Phi) is 6.86. The van der Waals surface area contributed by atoms with Gasteiger partial charge in [0.15, 0.2) is 0 Å². The highest BCUT2D eigenvalue weighted by Crippen LogP contribution is 2.24. The molecule has 0 spiro atoms. The van der Waals surface area contributed by atoms with E-state index in [0.717, 1.165) is 11.1 Å². The van der Waals surface area contributed by atoms with Crippen LogP contribution in [0.15, 0.2) is 41.3 Å². The molecule has 1 aliphatic heterocycles. The highest BCUT2D eigenvalue weighted by Gasteiger charge is 2.30. The van der Waals surface area contributed by atoms with E-state index in [-0.39, 0.29) is 12.5 Å². The average Bonchev–Trinajstić information content (AvgIpc) is 2.63. The fraction of sp³-hybridized carbons (Fsp3) is 0.350. The molecule has 1 saturated heterocycles. The molecule has 0 aromatic heterocycles. The second-order valence-corrected chi connectivity index (χ2v) is 9.93. The molecule has 1 amide bonds. The molecule has 1 heterocycles. The fourth-order valence-electron chi connectivity index (χ4n) is 3.28. The second kappa shape index (κ2) is 9.02. The number of rotatable bonds is 5. The Morgan fingerprint density at radius 3 is 2.24 bits per heavy atom. The topological polar surface area (TPSA) is 69.7 Å². The molecule has 0 bridgehead atoms. The summed E-state index contributed by atoms with van der Waals surface area (Å²) in [6, 6.07) is 10.3. The van der Waals surface area contributed by atoms with Crippen molar-refractivity contribution in [3.05, 3.63) is 57.6 Å². The number of carbonyl (C=O) groups is 1. The van der Waals surface area contributed by atoms with E-state index in [2.05, 4.69) is 5.32 Å². The van der Waals surface area contributed by atoms with Crippen molar-refractivity contribution >= 4 is 44.8 Å². The Morgan fingerprint density at radius 2 is 1.62 bits per heavy atom. The summed E-state index contributed by atoms with van der Waals surface area (Å²) in [6.45, 7) is 5.48. The van der Waals surface area contributed by atoms with Gasteiger partial charge in [-0.25, -0.2) is 8.42 Å². The van der Waals surface area contributed by atoms with E-state index < -0.39 is 10.0 Å². The maximum Gasteiger partial charge on any atom is 0.243 e. The predicted octanol–water partition coefficient (Wildman–Crippen LogP) is 3.56. The van der Waals surface area contributed by atoms with Gasteiger partial charge in [-0.15, -0.1) is 0 Å². The lowest BCUT2D eigenvalue weighted by molar-refractivity contribution is -0.117. The molecular weight excluding hydrogens is 433 g/mol. The van der Waals surface area contributed by atoms with Crippen LogP contribution in [-0.2, 0) is 14.8 Å². The maximum absolute atomic E-state index is 13.0. The monoisotopic (exact) mass is 455 g/mol. The molecule has 2 aromatic rings. The van der Waals surface area contributed by atoms with Gasteiger partial charge in [0.2, 0.25) is 15.9 Å². The van der Waals surface area contributed by atoms with Crippen LogP contribution in [0.2, 0.25) is 10.0 Å². The van der Waals surface area contributed by atoms with Crippen LogP contribution in [0.1, 0.15) is 11.1 Å². The molecule has 0 saturated carbocycles. The Morgan fingerprint density at radius 1 is 1.00 bits per heavy atom. The third-order valence-electron chi connectivity index (χ3n) is 4.81. The minimum Gasteiger partial charge on any atom is -0.325 e. The van der Waals surface area contributed by atoms with Crippen molar-refractivity contribution in [1.82, 2.24) is 9.21 Å². The van der Waals surface area contributed by atoms with Gasteiger partial charge in [-0.2, -0.15) is 4.31 Å². The quantitative estimate of drug-likeness (QED) is 0.747. The van der Waals surface area contributed by atoms with Crippen LogP contribution >= 0.6 is 23.2 Å². The van der Waals surface area contributed by atoms with Crippen LogP contribution < -0.4 is 5.32 Å². The van der Waals surface area contributed by atoms with E-state index in [4.69, 9.17) is 23.2 Å². The lowest BCUT2D eigenvalue weighted by Gasteiger charge is -2.33. The number of piperazine rings is 1. The molecule has 6 nitrogen and oxygen atoms in total. The van der Waals surface area contributed by atoms with Crippen LogP contribution in [0.3, 0.4) is 0 Å². The molecule has 0 radical (unpaired) electrons. The molecule has 29 heavy (non-hydrogen) atoms. The molecule has 2 aromatic carbocycles. The first-order valence-corrected chi connectivity index (χ1v) is 11.4. The van der Waals surface area contributed by atoms with Gasteiger partial charge in [-0.3, -0.25) is 9.69 Å². The minimum atomic E-state index is -3.55. The molecule has 3 rings (SSSR count). The molecule has 156 valence electrons. The van der Waals surface area contributed by atoms with Crippen LogP contribution in [0, 0.1) is 13.8 Å². The predicted molar refractivity (Wildman–Crippen MR) is 116 cm³/mol. The third kappa shape index (κ3) is 5.49. The Bertz CT molecular complexity index is 999. The molecule has 0 aliphatic carbocycles. The van der Waals surface area contributed by atoms with E-state index in [1.54, 1.807) is 31.2 Å². The van der Waals surface area contributed by atoms with Gasteiger partial charge < -0.3 is 5.32 Å². The van der Waals surface area contributed by atoms with Crippen LogP contribution in [0.5, 0.6) is 0 Å². The zero-order valence-electron chi connectivity index (χ0n) is 16.3. The van der Waals surface area contributed by atoms with Gasteiger partial charge >= 0.3 is 0 Å². The number of nitrogens with one attached hydrogen (secondary N) is 1. The maximum atomic E-state index is 13.0. The van der Waals surface area contributed by atoms with Gasteiger partial charge in [0.1, 0.15) is 0 Å². The number of hydrogen-bond acceptors (Lipinski definition) is 4. The zero-order valence-corrected chi connectivity index (χ0v) is 18.6. The van der Waals surface area contributed by atoms with Crippen LogP contribution in [-0.4, -0.2) is 56.3 Å². The van der Waals surface area contributed by atoms with Crippen molar-refractivity contribution < 1.29 is 13.2 Å². The number of nitrogens with zero attached hydrogens (tertiary/aromatic N) is 2. The van der Waals surface area contributed by atoms with E-state index in [9.17, 15) is 13.2 Å². The Hall–Kier alpha value is -1.64. The van der Waals surface area contributed by atoms with E-state index in [1.807, 2.05) is 24.0 Å². The summed E-state index contributed by atoms with van der Waals surface area (Å²) in [5, 5.41) is 3.66. The standard InChI is InChI=1S/C20H23Cl2N3O3S/c1-14-3-4-15(2)19(9-14)29(27,28)25-7-5-24(6-8-25)13-20(26)23-18-11-16(21)10-17(22)12-18/h3-4,9-12H,5-8,13H2,1-2H3,(H,23,26). The first-order chi connectivity index (χ1) is 13.6. The SMILES string of the molecule is Cc1ccc(C)c(S(=O)(=O)N2CCN(CC(=O)Nc3cc(Cl)cc(Cl)c3)CC2)c1. The Balaban J connectivity index is 1.58. The zero-order chi connectivity index (χ0) is 21.2. The van der Waals surface area contributed by atoms with Gasteiger partial charge in [0.25, 0.3) is 0 Å². The number of hydrogen-bond donors (Lipinski definition) is 1. The minimum absolute atomic E-state index is 0.168. The first kappa shape index (κ1) is 22.1. The largest absolute Gasteiger partial charge is 0.325 e. The lowest BCUT2D eigenvalue weighted by atomic mass is 10.2. The molecule has 1 N–H and O–H groups in total. The molecule has 0 unspecified atom stereocenters. The first-order valence-electron chi connectivity index (χ1n) is 9.21. The second-order valence-electron chi connectivity index (χ2n) is 7.16. The van der Waals surface area contributed by atoms with Crippen LogP contribution in [0.25, 0.3) is 0 Å². The van der Waals surface area contributed by atoms with Gasteiger partial charge in [-0.05, 0) is 49.2 Å². The molecule has 9 heteroatoms. The summed E-state index contributed by atoms with van der Waals surface area (Å²) in [4.78, 5) is 14.6. The summed E-state index contributed by atoms with van der Waals surface area (Å²) in [7, 11) is -3.55. The number of amides is 1. The Labute approximate surface area is 181 Å². The number of benzene rings is 2. The summed E-state index contributed by atoms with van der Waals surface area (Å²) in [6.07, 6.45) is 0. The van der Waals surface area contributed by atoms with Crippen molar-refractivity contribution in [3.63, 3.8) is 0 Å². The summed E-state index contributed by atoms with van der Waals surface area (Å²) in [5.41, 5.74) is 2.17. The lowest BCUT2D eigenvalue weighted by Crippen LogP contribution is -2.50. The summed E-state index contributed by atoms with van der Waals surface area (Å²) < 4.78 is 27.5. The molecular formula is C20H23Cl2N3O3S. The highest BCUT2D eigenvalue weighted by molar-refractivity contribution is 7.89. The third-order valence-corrected chi connectivity index (χ3v) is 7.28. The normalized spacial score (nSPS) is 16.0. The number of halogens is 2. The number of anilines is 1. The van der Waals surface area contributed by atoms with Gasteiger partial charge in [-0.1, -0.05) is 35.3 Å². The number of carbonyl (C=O) groups excluding carboxylic acids is 1. The molecule has 1 fully saturated rings. The van der Waals surface area contributed by atoms with E-state index in [0.29, 0.717) is 46.8 Å².